The Hall–Kier alpha value is -3.39. The second-order valence-electron chi connectivity index (χ2n) is 6.73. The zero-order valence-electron chi connectivity index (χ0n) is 16.2. The van der Waals surface area contributed by atoms with Crippen LogP contribution in [0.15, 0.2) is 65.7 Å². The fourth-order valence-corrected chi connectivity index (χ4v) is 4.13. The number of thioether (sulfide) groups is 1. The fraction of sp³-hybridized carbons (Fsp3) is 0.182. The first-order chi connectivity index (χ1) is 14.5. The van der Waals surface area contributed by atoms with Crippen molar-refractivity contribution in [1.82, 2.24) is 4.98 Å². The molecule has 4 rings (SSSR count). The van der Waals surface area contributed by atoms with Gasteiger partial charge in [-0.1, -0.05) is 18.2 Å². The van der Waals surface area contributed by atoms with Crippen LogP contribution in [0, 0.1) is 0 Å². The predicted octanol–water partition coefficient (Wildman–Crippen LogP) is 3.24. The summed E-state index contributed by atoms with van der Waals surface area (Å²) in [5.74, 6) is -1.01. The van der Waals surface area contributed by atoms with Crippen LogP contribution in [0.3, 0.4) is 0 Å². The number of amides is 2. The highest BCUT2D eigenvalue weighted by Crippen LogP contribution is 2.34. The number of hydrogen-bond acceptors (Lipinski definition) is 6. The number of carbonyl (C=O) groups excluding carboxylic acids is 3. The topological polar surface area (TPSA) is 88.6 Å². The third-order valence-corrected chi connectivity index (χ3v) is 5.72. The molecule has 0 fully saturated rings. The summed E-state index contributed by atoms with van der Waals surface area (Å²) in [5, 5.41) is 3.57. The van der Waals surface area contributed by atoms with E-state index in [4.69, 9.17) is 4.74 Å². The summed E-state index contributed by atoms with van der Waals surface area (Å²) in [5.41, 5.74) is 2.02. The van der Waals surface area contributed by atoms with E-state index in [1.807, 2.05) is 30.3 Å². The molecule has 1 aromatic heterocycles. The average molecular weight is 421 g/mol. The second-order valence-corrected chi connectivity index (χ2v) is 7.75. The molecule has 0 radical (unpaired) electrons. The van der Waals surface area contributed by atoms with Crippen molar-refractivity contribution in [3.05, 3.63) is 60.8 Å². The molecular weight excluding hydrogens is 402 g/mol. The molecule has 1 aliphatic heterocycles. The molecule has 0 saturated carbocycles. The fourth-order valence-electron chi connectivity index (χ4n) is 3.19. The number of para-hydroxylation sites is 1. The summed E-state index contributed by atoms with van der Waals surface area (Å²) in [6, 6.07) is 16.4. The van der Waals surface area contributed by atoms with Gasteiger partial charge < -0.3 is 10.1 Å². The third-order valence-electron chi connectivity index (χ3n) is 4.68. The quantitative estimate of drug-likeness (QED) is 0.637. The number of fused-ring (bicyclic) bond motifs is 2. The summed E-state index contributed by atoms with van der Waals surface area (Å²) in [7, 11) is 0. The minimum atomic E-state index is -1.02. The van der Waals surface area contributed by atoms with Gasteiger partial charge in [0.1, 0.15) is 6.54 Å². The molecule has 0 bridgehead atoms. The van der Waals surface area contributed by atoms with Crippen LogP contribution in [0.4, 0.5) is 11.4 Å². The normalized spacial score (nSPS) is 14.2. The van der Waals surface area contributed by atoms with E-state index in [2.05, 4.69) is 10.3 Å². The first-order valence-electron chi connectivity index (χ1n) is 9.39. The predicted molar refractivity (Wildman–Crippen MR) is 115 cm³/mol. The van der Waals surface area contributed by atoms with Crippen LogP contribution in [0.1, 0.15) is 6.92 Å². The van der Waals surface area contributed by atoms with Crippen LogP contribution in [-0.2, 0) is 19.1 Å². The van der Waals surface area contributed by atoms with Crippen molar-refractivity contribution in [2.24, 2.45) is 0 Å². The van der Waals surface area contributed by atoms with E-state index >= 15 is 0 Å². The molecule has 2 amide bonds. The number of hydrogen-bond donors (Lipinski definition) is 1. The van der Waals surface area contributed by atoms with Crippen LogP contribution in [0.2, 0.25) is 0 Å². The number of carbonyl (C=O) groups is 3. The molecular formula is C22H19N3O4S. The smallest absolute Gasteiger partial charge is 0.326 e. The Labute approximate surface area is 177 Å². The number of rotatable bonds is 5. The van der Waals surface area contributed by atoms with E-state index in [9.17, 15) is 14.4 Å². The van der Waals surface area contributed by atoms with Crippen molar-refractivity contribution in [3.8, 4) is 0 Å². The maximum Gasteiger partial charge on any atom is 0.326 e. The standard InChI is InChI=1S/C22H19N3O4S/c1-14(22(28)24-17-8-4-7-16-15(17)6-5-11-23-16)29-21(27)12-25-18-9-2-3-10-19(18)30-13-20(25)26/h2-11,14H,12-13H2,1H3,(H,24,28). The lowest BCUT2D eigenvalue weighted by molar-refractivity contribution is -0.152. The lowest BCUT2D eigenvalue weighted by Crippen LogP contribution is -2.41. The van der Waals surface area contributed by atoms with E-state index in [-0.39, 0.29) is 18.2 Å². The van der Waals surface area contributed by atoms with Gasteiger partial charge in [0.2, 0.25) is 5.91 Å². The zero-order chi connectivity index (χ0) is 21.1. The maximum atomic E-state index is 12.6. The number of ether oxygens (including phenoxy) is 1. The molecule has 2 aromatic carbocycles. The number of benzene rings is 2. The summed E-state index contributed by atoms with van der Waals surface area (Å²) in [4.78, 5) is 43.9. The molecule has 30 heavy (non-hydrogen) atoms. The molecule has 152 valence electrons. The number of nitrogens with zero attached hydrogens (tertiary/aromatic N) is 2. The zero-order valence-corrected chi connectivity index (χ0v) is 17.0. The van der Waals surface area contributed by atoms with Crippen molar-refractivity contribution < 1.29 is 19.1 Å². The monoisotopic (exact) mass is 421 g/mol. The highest BCUT2D eigenvalue weighted by atomic mass is 32.2. The van der Waals surface area contributed by atoms with Gasteiger partial charge in [0.15, 0.2) is 6.10 Å². The molecule has 1 atom stereocenters. The second kappa shape index (κ2) is 8.54. The van der Waals surface area contributed by atoms with Crippen molar-refractivity contribution in [3.63, 3.8) is 0 Å². The Balaban J connectivity index is 1.41. The van der Waals surface area contributed by atoms with E-state index < -0.39 is 18.0 Å². The van der Waals surface area contributed by atoms with Gasteiger partial charge in [-0.3, -0.25) is 24.3 Å². The largest absolute Gasteiger partial charge is 0.451 e. The van der Waals surface area contributed by atoms with E-state index in [0.717, 1.165) is 15.8 Å². The Morgan fingerprint density at radius 1 is 1.17 bits per heavy atom. The van der Waals surface area contributed by atoms with E-state index in [1.54, 1.807) is 30.5 Å². The lowest BCUT2D eigenvalue weighted by atomic mass is 10.2. The molecule has 0 aliphatic carbocycles. The van der Waals surface area contributed by atoms with Crippen molar-refractivity contribution in [2.45, 2.75) is 17.9 Å². The SMILES string of the molecule is CC(OC(=O)CN1C(=O)CSc2ccccc21)C(=O)Nc1cccc2ncccc12. The summed E-state index contributed by atoms with van der Waals surface area (Å²) >= 11 is 1.44. The van der Waals surface area contributed by atoms with Gasteiger partial charge >= 0.3 is 5.97 Å². The first-order valence-corrected chi connectivity index (χ1v) is 10.4. The van der Waals surface area contributed by atoms with Gasteiger partial charge in [-0.15, -0.1) is 11.8 Å². The molecule has 2 heterocycles. The molecule has 1 aliphatic rings. The molecule has 0 saturated heterocycles. The first kappa shape index (κ1) is 19.9. The number of anilines is 2. The number of nitrogens with one attached hydrogen (secondary N) is 1. The molecule has 1 N–H and O–H groups in total. The highest BCUT2D eigenvalue weighted by molar-refractivity contribution is 8.00. The maximum absolute atomic E-state index is 12.6. The molecule has 3 aromatic rings. The van der Waals surface area contributed by atoms with Crippen LogP contribution >= 0.6 is 11.8 Å². The molecule has 8 heteroatoms. The molecule has 1 unspecified atom stereocenters. The Kier molecular flexibility index (Phi) is 5.67. The van der Waals surface area contributed by atoms with Gasteiger partial charge in [-0.2, -0.15) is 0 Å². The van der Waals surface area contributed by atoms with Crippen LogP contribution in [-0.4, -0.2) is 41.2 Å². The van der Waals surface area contributed by atoms with Gasteiger partial charge in [-0.25, -0.2) is 0 Å². The number of aromatic nitrogens is 1. The van der Waals surface area contributed by atoms with Gasteiger partial charge in [-0.05, 0) is 43.3 Å². The summed E-state index contributed by atoms with van der Waals surface area (Å²) in [6.07, 6.45) is 0.658. The van der Waals surface area contributed by atoms with Crippen LogP contribution < -0.4 is 10.2 Å². The number of esters is 1. The van der Waals surface area contributed by atoms with Crippen LogP contribution in [0.25, 0.3) is 10.9 Å². The summed E-state index contributed by atoms with van der Waals surface area (Å²) < 4.78 is 5.30. The summed E-state index contributed by atoms with van der Waals surface area (Å²) in [6.45, 7) is 1.25. The average Bonchev–Trinajstić information content (AvgIpc) is 2.76. The van der Waals surface area contributed by atoms with Crippen LogP contribution in [0.5, 0.6) is 0 Å². The van der Waals surface area contributed by atoms with Crippen molar-refractivity contribution >= 4 is 51.8 Å². The van der Waals surface area contributed by atoms with E-state index in [0.29, 0.717) is 11.4 Å². The molecule has 7 nitrogen and oxygen atoms in total. The third kappa shape index (κ3) is 4.13. The lowest BCUT2D eigenvalue weighted by Gasteiger charge is -2.28. The minimum Gasteiger partial charge on any atom is -0.451 e. The van der Waals surface area contributed by atoms with Crippen molar-refractivity contribution in [1.29, 1.82) is 0 Å². The Morgan fingerprint density at radius 3 is 2.87 bits per heavy atom. The highest BCUT2D eigenvalue weighted by Gasteiger charge is 2.28. The van der Waals surface area contributed by atoms with Gasteiger partial charge in [0, 0.05) is 16.5 Å². The van der Waals surface area contributed by atoms with Crippen molar-refractivity contribution in [2.75, 3.05) is 22.5 Å². The van der Waals surface area contributed by atoms with Gasteiger partial charge in [0.25, 0.3) is 5.91 Å². The Bertz CT molecular complexity index is 1130. The van der Waals surface area contributed by atoms with Gasteiger partial charge in [0.05, 0.1) is 22.6 Å². The Morgan fingerprint density at radius 2 is 2.00 bits per heavy atom. The van der Waals surface area contributed by atoms with E-state index in [1.165, 1.54) is 23.6 Å². The number of pyridine rings is 1. The minimum absolute atomic E-state index is 0.170. The molecule has 0 spiro atoms.